The number of isocyanates is 1. The lowest BCUT2D eigenvalue weighted by Crippen LogP contribution is -2.44. The van der Waals surface area contributed by atoms with Crippen molar-refractivity contribution in [3.8, 4) is 0 Å². The van der Waals surface area contributed by atoms with Crippen molar-refractivity contribution in [1.29, 1.82) is 0 Å². The Morgan fingerprint density at radius 1 is 1.12 bits per heavy atom. The minimum absolute atomic E-state index is 0.00743. The van der Waals surface area contributed by atoms with Gasteiger partial charge in [-0.1, -0.05) is 51.1 Å². The Hall–Kier alpha value is -3.45. The minimum atomic E-state index is -0.968. The number of Topliss-reactive ketones (excluding diaryl/α,β-unsaturated/α-hetero) is 1. The Kier molecular flexibility index (Phi) is 9.36. The van der Waals surface area contributed by atoms with Crippen molar-refractivity contribution < 1.29 is 33.4 Å². The number of carbonyl (C=O) groups is 3. The molecule has 1 saturated carbocycles. The second-order valence-electron chi connectivity index (χ2n) is 9.17. The van der Waals surface area contributed by atoms with E-state index in [0.717, 1.165) is 25.4 Å². The lowest BCUT2D eigenvalue weighted by Gasteiger charge is -2.45. The number of benzene rings is 1. The fraction of sp³-hybridized carbons (Fsp3) is 0.500. The predicted molar refractivity (Wildman–Crippen MR) is 119 cm³/mol. The molecule has 2 unspecified atom stereocenters. The number of hydrogen-bond acceptors (Lipinski definition) is 8. The highest BCUT2D eigenvalue weighted by Gasteiger charge is 2.41. The molecule has 1 aliphatic carbocycles. The second kappa shape index (κ2) is 12.0. The number of rotatable bonds is 10. The average Bonchev–Trinajstić information content (AvgIpc) is 2.76. The monoisotopic (exact) mass is 458 g/mol. The van der Waals surface area contributed by atoms with E-state index >= 15 is 0 Å². The van der Waals surface area contributed by atoms with Crippen LogP contribution in [0.1, 0.15) is 50.4 Å². The van der Waals surface area contributed by atoms with Gasteiger partial charge >= 0.3 is 12.1 Å². The van der Waals surface area contributed by atoms with Crippen molar-refractivity contribution in [3.63, 3.8) is 0 Å². The first-order valence-corrected chi connectivity index (χ1v) is 10.7. The van der Waals surface area contributed by atoms with E-state index in [1.165, 1.54) is 12.1 Å². The number of hydrogen-bond donors (Lipinski definition) is 1. The van der Waals surface area contributed by atoms with Crippen LogP contribution < -0.4 is 5.32 Å². The molecule has 1 amide bonds. The summed E-state index contributed by atoms with van der Waals surface area (Å²) in [5.74, 6) is -1.70. The van der Waals surface area contributed by atoms with E-state index in [1.807, 2.05) is 6.92 Å². The molecular weight excluding hydrogens is 428 g/mol. The number of alkyl carbamates (subject to hydrolysis) is 1. The first-order valence-electron chi connectivity index (χ1n) is 10.7. The number of amides is 1. The number of nitrogens with zero attached hydrogens (tertiary/aromatic N) is 1. The maximum absolute atomic E-state index is 12.0. The smallest absolute Gasteiger partial charge is 0.412 e. The van der Waals surface area contributed by atoms with Crippen LogP contribution >= 0.6 is 0 Å². The Morgan fingerprint density at radius 2 is 1.85 bits per heavy atom. The number of aliphatic imine (C=N–C) groups is 1. The Balaban J connectivity index is 1.64. The highest BCUT2D eigenvalue weighted by molar-refractivity contribution is 6.40. The third kappa shape index (κ3) is 8.90. The summed E-state index contributed by atoms with van der Waals surface area (Å²) in [5.41, 5.74) is 0.0138. The fourth-order valence-electron chi connectivity index (χ4n) is 4.36. The zero-order valence-corrected chi connectivity index (χ0v) is 19.2. The SMILES string of the molecule is CC1(C)CC(N=C=O)CC(C)(CNC(=O)O/C=C/OCCOC(=O)C(=O)c2ccccc2)C1. The molecule has 0 saturated heterocycles. The molecule has 1 aliphatic rings. The van der Waals surface area contributed by atoms with E-state index in [2.05, 4.69) is 24.2 Å². The van der Waals surface area contributed by atoms with Gasteiger partial charge in [0.15, 0.2) is 0 Å². The number of esters is 1. The van der Waals surface area contributed by atoms with E-state index in [9.17, 15) is 19.2 Å². The summed E-state index contributed by atoms with van der Waals surface area (Å²) in [6.45, 7) is 6.51. The molecule has 1 aromatic carbocycles. The van der Waals surface area contributed by atoms with Crippen molar-refractivity contribution in [2.45, 2.75) is 46.1 Å². The van der Waals surface area contributed by atoms with Crippen LogP contribution in [0.15, 0.2) is 47.8 Å². The summed E-state index contributed by atoms with van der Waals surface area (Å²) >= 11 is 0. The maximum Gasteiger partial charge on any atom is 0.412 e. The summed E-state index contributed by atoms with van der Waals surface area (Å²) in [5, 5.41) is 2.72. The molecule has 2 atom stereocenters. The highest BCUT2D eigenvalue weighted by atomic mass is 16.6. The molecule has 0 bridgehead atoms. The minimum Gasteiger partial charge on any atom is -0.494 e. The molecule has 1 aromatic rings. The van der Waals surface area contributed by atoms with Crippen LogP contribution in [-0.4, -0.2) is 49.7 Å². The molecule has 178 valence electrons. The number of carbonyl (C=O) groups excluding carboxylic acids is 4. The van der Waals surface area contributed by atoms with E-state index in [4.69, 9.17) is 14.2 Å². The maximum atomic E-state index is 12.0. The van der Waals surface area contributed by atoms with E-state index in [0.29, 0.717) is 13.0 Å². The van der Waals surface area contributed by atoms with Crippen molar-refractivity contribution >= 4 is 23.9 Å². The number of nitrogens with one attached hydrogen (secondary N) is 1. The first-order chi connectivity index (χ1) is 15.6. The summed E-state index contributed by atoms with van der Waals surface area (Å²) in [7, 11) is 0. The molecule has 0 heterocycles. The molecule has 0 radical (unpaired) electrons. The van der Waals surface area contributed by atoms with Crippen LogP contribution in [0.25, 0.3) is 0 Å². The molecule has 1 N–H and O–H groups in total. The standard InChI is InChI=1S/C24H30N2O7/c1-23(2)13-19(26-17-27)14-24(3,15-23)16-25-22(30)33-12-10-31-9-11-32-21(29)20(28)18-7-5-4-6-8-18/h4-8,10,12,19H,9,11,13-16H2,1-3H3,(H,25,30)/b12-10+. The predicted octanol–water partition coefficient (Wildman–Crippen LogP) is 3.55. The largest absolute Gasteiger partial charge is 0.494 e. The van der Waals surface area contributed by atoms with Crippen molar-refractivity contribution in [3.05, 3.63) is 48.4 Å². The van der Waals surface area contributed by atoms with Gasteiger partial charge in [0.1, 0.15) is 25.7 Å². The van der Waals surface area contributed by atoms with Gasteiger partial charge in [-0.2, -0.15) is 0 Å². The third-order valence-corrected chi connectivity index (χ3v) is 5.30. The molecule has 9 heteroatoms. The van der Waals surface area contributed by atoms with Crippen LogP contribution in [0.4, 0.5) is 4.79 Å². The lowest BCUT2D eigenvalue weighted by atomic mass is 9.63. The van der Waals surface area contributed by atoms with Crippen molar-refractivity contribution in [2.24, 2.45) is 15.8 Å². The second-order valence-corrected chi connectivity index (χ2v) is 9.17. The Morgan fingerprint density at radius 3 is 2.55 bits per heavy atom. The zero-order chi connectivity index (χ0) is 24.3. The topological polar surface area (TPSA) is 120 Å². The van der Waals surface area contributed by atoms with E-state index < -0.39 is 17.8 Å². The van der Waals surface area contributed by atoms with Gasteiger partial charge in [-0.25, -0.2) is 19.4 Å². The van der Waals surface area contributed by atoms with Crippen LogP contribution in [0.3, 0.4) is 0 Å². The van der Waals surface area contributed by atoms with Gasteiger partial charge in [-0.15, -0.1) is 0 Å². The van der Waals surface area contributed by atoms with E-state index in [1.54, 1.807) is 24.3 Å². The average molecular weight is 459 g/mol. The Labute approximate surface area is 193 Å². The van der Waals surface area contributed by atoms with Gasteiger partial charge in [-0.05, 0) is 30.1 Å². The van der Waals surface area contributed by atoms with Crippen LogP contribution in [0, 0.1) is 10.8 Å². The molecule has 9 nitrogen and oxygen atoms in total. The summed E-state index contributed by atoms with van der Waals surface area (Å²) in [6.07, 6.45) is 5.56. The number of ketones is 1. The van der Waals surface area contributed by atoms with Crippen LogP contribution in [0.5, 0.6) is 0 Å². The zero-order valence-electron chi connectivity index (χ0n) is 19.2. The van der Waals surface area contributed by atoms with Gasteiger partial charge in [0.25, 0.3) is 5.78 Å². The molecule has 0 aliphatic heterocycles. The molecule has 1 fully saturated rings. The molecular formula is C24H30N2O7. The Bertz CT molecular complexity index is 907. The third-order valence-electron chi connectivity index (χ3n) is 5.30. The molecule has 2 rings (SSSR count). The summed E-state index contributed by atoms with van der Waals surface area (Å²) < 4.78 is 14.9. The number of ether oxygens (including phenoxy) is 3. The summed E-state index contributed by atoms with van der Waals surface area (Å²) in [6, 6.07) is 7.98. The van der Waals surface area contributed by atoms with Gasteiger partial charge in [0.05, 0.1) is 6.04 Å². The van der Waals surface area contributed by atoms with Gasteiger partial charge in [0.2, 0.25) is 6.08 Å². The summed E-state index contributed by atoms with van der Waals surface area (Å²) in [4.78, 5) is 50.1. The molecule has 0 spiro atoms. The lowest BCUT2D eigenvalue weighted by molar-refractivity contribution is -0.139. The van der Waals surface area contributed by atoms with Gasteiger partial charge in [-0.3, -0.25) is 4.79 Å². The van der Waals surface area contributed by atoms with Crippen molar-refractivity contribution in [1.82, 2.24) is 5.32 Å². The fourth-order valence-corrected chi connectivity index (χ4v) is 4.36. The first kappa shape index (κ1) is 25.8. The van der Waals surface area contributed by atoms with Crippen LogP contribution in [0.2, 0.25) is 0 Å². The quantitative estimate of drug-likeness (QED) is 0.108. The molecule has 0 aromatic heterocycles. The van der Waals surface area contributed by atoms with Crippen molar-refractivity contribution in [2.75, 3.05) is 19.8 Å². The van der Waals surface area contributed by atoms with Gasteiger partial charge < -0.3 is 19.5 Å². The normalized spacial score (nSPS) is 21.5. The van der Waals surface area contributed by atoms with E-state index in [-0.39, 0.29) is 35.6 Å². The van der Waals surface area contributed by atoms with Crippen LogP contribution in [-0.2, 0) is 23.8 Å². The molecule has 33 heavy (non-hydrogen) atoms. The highest BCUT2D eigenvalue weighted by Crippen LogP contribution is 2.46. The van der Waals surface area contributed by atoms with Gasteiger partial charge in [0, 0.05) is 12.1 Å².